The van der Waals surface area contributed by atoms with Crippen LogP contribution in [-0.4, -0.2) is 82.0 Å². The van der Waals surface area contributed by atoms with Gasteiger partial charge in [-0.1, -0.05) is 13.8 Å². The Kier molecular flexibility index (Phi) is 14.5. The third kappa shape index (κ3) is 13.0. The average molecular weight is 506 g/mol. The van der Waals surface area contributed by atoms with Gasteiger partial charge in [-0.2, -0.15) is 11.8 Å². The maximum absolute atomic E-state index is 12.8. The Balaban J connectivity index is 5.46. The number of thioether (sulfide) groups is 1. The minimum absolute atomic E-state index is 0.0831. The molecule has 0 heterocycles. The van der Waals surface area contributed by atoms with Crippen molar-refractivity contribution in [3.63, 3.8) is 0 Å². The Morgan fingerprint density at radius 1 is 0.853 bits per heavy atom. The molecule has 0 aromatic rings. The van der Waals surface area contributed by atoms with Gasteiger partial charge in [-0.05, 0) is 37.2 Å². The Hall–Kier alpha value is -2.87. The van der Waals surface area contributed by atoms with Gasteiger partial charge in [0.2, 0.25) is 23.6 Å². The maximum Gasteiger partial charge on any atom is 0.326 e. The van der Waals surface area contributed by atoms with E-state index in [1.807, 2.05) is 0 Å². The lowest BCUT2D eigenvalue weighted by atomic mass is 10.0. The summed E-state index contributed by atoms with van der Waals surface area (Å²) in [7, 11) is 0. The number of carbonyl (C=O) groups is 6. The highest BCUT2D eigenvalue weighted by atomic mass is 32.2. The molecule has 4 amide bonds. The van der Waals surface area contributed by atoms with E-state index in [4.69, 9.17) is 16.6 Å². The Bertz CT molecular complexity index is 748. The number of aliphatic carboxylic acids is 2. The summed E-state index contributed by atoms with van der Waals surface area (Å²) < 4.78 is 0. The third-order valence-corrected chi connectivity index (χ3v) is 5.26. The van der Waals surface area contributed by atoms with Crippen LogP contribution in [0, 0.1) is 5.92 Å². The van der Waals surface area contributed by atoms with E-state index in [1.165, 1.54) is 11.8 Å². The zero-order valence-electron chi connectivity index (χ0n) is 19.5. The summed E-state index contributed by atoms with van der Waals surface area (Å²) in [5, 5.41) is 25.5. The molecular weight excluding hydrogens is 470 g/mol. The Labute approximate surface area is 202 Å². The minimum Gasteiger partial charge on any atom is -0.481 e. The molecule has 0 saturated carbocycles. The highest BCUT2D eigenvalue weighted by Gasteiger charge is 2.31. The summed E-state index contributed by atoms with van der Waals surface area (Å²) in [5.41, 5.74) is 10.7. The number of carbonyl (C=O) groups excluding carboxylic acids is 4. The molecule has 0 aliphatic rings. The van der Waals surface area contributed by atoms with E-state index in [2.05, 4.69) is 16.0 Å². The number of primary amides is 1. The number of hydrogen-bond acceptors (Lipinski definition) is 8. The molecule has 34 heavy (non-hydrogen) atoms. The number of nitrogens with one attached hydrogen (secondary N) is 3. The fraction of sp³-hybridized carbons (Fsp3) is 0.700. The van der Waals surface area contributed by atoms with Crippen LogP contribution in [0.1, 0.15) is 46.0 Å². The van der Waals surface area contributed by atoms with Crippen LogP contribution in [0.4, 0.5) is 0 Å². The first kappa shape index (κ1) is 31.1. The van der Waals surface area contributed by atoms with Crippen LogP contribution >= 0.6 is 11.8 Å². The van der Waals surface area contributed by atoms with Gasteiger partial charge in [0.1, 0.15) is 18.1 Å². The van der Waals surface area contributed by atoms with Gasteiger partial charge in [0.15, 0.2) is 0 Å². The average Bonchev–Trinajstić information content (AvgIpc) is 2.72. The zero-order chi connectivity index (χ0) is 26.4. The number of nitrogens with two attached hydrogens (primary N) is 2. The van der Waals surface area contributed by atoms with Crippen molar-refractivity contribution in [3.05, 3.63) is 0 Å². The van der Waals surface area contributed by atoms with Crippen molar-refractivity contribution in [1.29, 1.82) is 0 Å². The SMILES string of the molecule is CSCCC(NC(=O)C(CC(C)C)NC(=O)C(CC(=O)O)NC(=O)C(N)CCC(N)=O)C(=O)O. The Morgan fingerprint density at radius 2 is 1.38 bits per heavy atom. The number of carboxylic acid groups (broad SMARTS) is 2. The smallest absolute Gasteiger partial charge is 0.326 e. The predicted molar refractivity (Wildman–Crippen MR) is 125 cm³/mol. The molecule has 14 heteroatoms. The molecule has 4 atom stereocenters. The van der Waals surface area contributed by atoms with E-state index >= 15 is 0 Å². The minimum atomic E-state index is -1.56. The Morgan fingerprint density at radius 3 is 1.85 bits per heavy atom. The van der Waals surface area contributed by atoms with Crippen molar-refractivity contribution in [1.82, 2.24) is 16.0 Å². The maximum atomic E-state index is 12.8. The first-order valence-corrected chi connectivity index (χ1v) is 12.1. The van der Waals surface area contributed by atoms with Gasteiger partial charge in [0, 0.05) is 6.42 Å². The van der Waals surface area contributed by atoms with Gasteiger partial charge in [0.05, 0.1) is 12.5 Å². The van der Waals surface area contributed by atoms with Crippen molar-refractivity contribution in [2.24, 2.45) is 17.4 Å². The lowest BCUT2D eigenvalue weighted by Crippen LogP contribution is -2.57. The molecule has 9 N–H and O–H groups in total. The van der Waals surface area contributed by atoms with Crippen molar-refractivity contribution >= 4 is 47.3 Å². The first-order chi connectivity index (χ1) is 15.8. The van der Waals surface area contributed by atoms with Crippen molar-refractivity contribution in [3.8, 4) is 0 Å². The number of amides is 4. The summed E-state index contributed by atoms with van der Waals surface area (Å²) in [6.45, 7) is 3.56. The molecule has 0 aromatic carbocycles. The summed E-state index contributed by atoms with van der Waals surface area (Å²) in [4.78, 5) is 71.4. The first-order valence-electron chi connectivity index (χ1n) is 10.7. The van der Waals surface area contributed by atoms with Crippen LogP contribution in [0.5, 0.6) is 0 Å². The number of rotatable bonds is 17. The second kappa shape index (κ2) is 15.9. The van der Waals surface area contributed by atoms with E-state index in [1.54, 1.807) is 20.1 Å². The number of hydrogen-bond donors (Lipinski definition) is 7. The summed E-state index contributed by atoms with van der Waals surface area (Å²) >= 11 is 1.41. The molecule has 0 spiro atoms. The number of carboxylic acids is 2. The van der Waals surface area contributed by atoms with E-state index < -0.39 is 66.2 Å². The molecule has 13 nitrogen and oxygen atoms in total. The highest BCUT2D eigenvalue weighted by molar-refractivity contribution is 7.98. The predicted octanol–water partition coefficient (Wildman–Crippen LogP) is -1.61. The fourth-order valence-corrected chi connectivity index (χ4v) is 3.30. The summed E-state index contributed by atoms with van der Waals surface area (Å²) in [6, 6.07) is -5.09. The lowest BCUT2D eigenvalue weighted by molar-refractivity contribution is -0.143. The van der Waals surface area contributed by atoms with Crippen LogP contribution in [0.25, 0.3) is 0 Å². The van der Waals surface area contributed by atoms with Gasteiger partial charge in [0.25, 0.3) is 0 Å². The largest absolute Gasteiger partial charge is 0.481 e. The molecule has 0 aliphatic heterocycles. The fourth-order valence-electron chi connectivity index (χ4n) is 2.83. The molecule has 0 bridgehead atoms. The molecule has 0 fully saturated rings. The van der Waals surface area contributed by atoms with Crippen molar-refractivity contribution < 1.29 is 39.0 Å². The second-order valence-corrected chi connectivity index (χ2v) is 9.13. The molecule has 4 unspecified atom stereocenters. The molecular formula is C20H35N5O8S. The van der Waals surface area contributed by atoms with Crippen LogP contribution in [0.2, 0.25) is 0 Å². The molecule has 0 aromatic heterocycles. The van der Waals surface area contributed by atoms with Gasteiger partial charge in [-0.3, -0.25) is 24.0 Å². The lowest BCUT2D eigenvalue weighted by Gasteiger charge is -2.25. The van der Waals surface area contributed by atoms with E-state index in [0.717, 1.165) is 0 Å². The van der Waals surface area contributed by atoms with Crippen LogP contribution in [-0.2, 0) is 28.8 Å². The van der Waals surface area contributed by atoms with Crippen molar-refractivity contribution in [2.45, 2.75) is 70.1 Å². The molecule has 194 valence electrons. The quantitative estimate of drug-likeness (QED) is 0.119. The zero-order valence-corrected chi connectivity index (χ0v) is 20.4. The monoisotopic (exact) mass is 505 g/mol. The summed E-state index contributed by atoms with van der Waals surface area (Å²) in [5.74, 6) is -5.44. The van der Waals surface area contributed by atoms with E-state index in [-0.39, 0.29) is 31.6 Å². The summed E-state index contributed by atoms with van der Waals surface area (Å²) in [6.07, 6.45) is 1.03. The second-order valence-electron chi connectivity index (χ2n) is 8.14. The van der Waals surface area contributed by atoms with Gasteiger partial charge >= 0.3 is 11.9 Å². The van der Waals surface area contributed by atoms with E-state index in [0.29, 0.717) is 5.75 Å². The van der Waals surface area contributed by atoms with Gasteiger partial charge in [-0.15, -0.1) is 0 Å². The normalized spacial score (nSPS) is 14.4. The highest BCUT2D eigenvalue weighted by Crippen LogP contribution is 2.08. The standard InChI is InChI=1S/C20H35N5O8S/c1-10(2)8-13(18(30)23-12(20(32)33)6-7-34-3)25-19(31)14(9-16(27)28)24-17(29)11(21)4-5-15(22)26/h10-14H,4-9,21H2,1-3H3,(H2,22,26)(H,23,30)(H,24,29)(H,25,31)(H,27,28)(H,32,33). The van der Waals surface area contributed by atoms with Crippen LogP contribution in [0.3, 0.4) is 0 Å². The topological polar surface area (TPSA) is 231 Å². The molecule has 0 rings (SSSR count). The van der Waals surface area contributed by atoms with Crippen LogP contribution < -0.4 is 27.4 Å². The van der Waals surface area contributed by atoms with Crippen molar-refractivity contribution in [2.75, 3.05) is 12.0 Å². The van der Waals surface area contributed by atoms with Crippen LogP contribution in [0.15, 0.2) is 0 Å². The van der Waals surface area contributed by atoms with E-state index in [9.17, 15) is 33.9 Å². The molecule has 0 aliphatic carbocycles. The third-order valence-electron chi connectivity index (χ3n) is 4.62. The molecule has 0 radical (unpaired) electrons. The van der Waals surface area contributed by atoms with Gasteiger partial charge < -0.3 is 37.6 Å². The van der Waals surface area contributed by atoms with Gasteiger partial charge in [-0.25, -0.2) is 4.79 Å². The molecule has 0 saturated heterocycles.